The largest absolute Gasteiger partial charge is 0.441 e. The number of halogens is 1. The SMILES string of the molecule is CC(C)(C)c1noc(N2C[C@@]3(CCC[C@](C)(Cn4cnc5ccc(C#N)cc54)C3)OC2=O)c1Cl. The summed E-state index contributed by atoms with van der Waals surface area (Å²) in [6.45, 7) is 9.31. The molecule has 0 bridgehead atoms. The van der Waals surface area contributed by atoms with E-state index in [0.717, 1.165) is 36.8 Å². The Morgan fingerprint density at radius 1 is 1.29 bits per heavy atom. The Hall–Kier alpha value is -3.05. The van der Waals surface area contributed by atoms with E-state index in [2.05, 4.69) is 27.7 Å². The van der Waals surface area contributed by atoms with E-state index in [1.807, 2.05) is 39.2 Å². The molecule has 2 aliphatic rings. The molecule has 2 atom stereocenters. The predicted octanol–water partition coefficient (Wildman–Crippen LogP) is 5.82. The molecule has 1 saturated carbocycles. The van der Waals surface area contributed by atoms with Gasteiger partial charge in [-0.2, -0.15) is 5.26 Å². The van der Waals surface area contributed by atoms with Gasteiger partial charge < -0.3 is 13.8 Å². The van der Waals surface area contributed by atoms with Crippen LogP contribution in [-0.2, 0) is 16.7 Å². The molecule has 9 heteroatoms. The van der Waals surface area contributed by atoms with Crippen molar-refractivity contribution in [3.05, 3.63) is 40.8 Å². The third-order valence-electron chi connectivity index (χ3n) is 7.01. The Morgan fingerprint density at radius 2 is 2.09 bits per heavy atom. The van der Waals surface area contributed by atoms with Gasteiger partial charge in [0.1, 0.15) is 16.3 Å². The van der Waals surface area contributed by atoms with Crippen LogP contribution in [0.1, 0.15) is 64.6 Å². The van der Waals surface area contributed by atoms with Gasteiger partial charge >= 0.3 is 6.09 Å². The van der Waals surface area contributed by atoms with Gasteiger partial charge in [0.2, 0.25) is 0 Å². The van der Waals surface area contributed by atoms with Crippen LogP contribution >= 0.6 is 11.6 Å². The first-order valence-corrected chi connectivity index (χ1v) is 11.9. The van der Waals surface area contributed by atoms with Crippen LogP contribution in [0.15, 0.2) is 29.0 Å². The first-order chi connectivity index (χ1) is 16.0. The topological polar surface area (TPSA) is 97.2 Å². The number of amides is 1. The number of benzene rings is 1. The molecular formula is C25H28ClN5O3. The molecule has 1 amide bonds. The molecule has 3 aromatic rings. The molecule has 0 radical (unpaired) electrons. The maximum atomic E-state index is 12.9. The van der Waals surface area contributed by atoms with E-state index in [1.165, 1.54) is 4.90 Å². The average Bonchev–Trinajstić information content (AvgIpc) is 3.42. The molecule has 1 spiro atoms. The van der Waals surface area contributed by atoms with Crippen molar-refractivity contribution in [1.29, 1.82) is 5.26 Å². The molecule has 34 heavy (non-hydrogen) atoms. The fourth-order valence-electron chi connectivity index (χ4n) is 5.50. The van der Waals surface area contributed by atoms with Gasteiger partial charge in [0, 0.05) is 12.0 Å². The zero-order chi connectivity index (χ0) is 24.3. The number of nitriles is 1. The quantitative estimate of drug-likeness (QED) is 0.467. The summed E-state index contributed by atoms with van der Waals surface area (Å²) < 4.78 is 13.6. The number of nitrogens with zero attached hydrogens (tertiary/aromatic N) is 5. The molecule has 178 valence electrons. The highest BCUT2D eigenvalue weighted by Gasteiger charge is 2.53. The number of fused-ring (bicyclic) bond motifs is 1. The Kier molecular flexibility index (Phi) is 5.17. The number of carbonyl (C=O) groups is 1. The van der Waals surface area contributed by atoms with E-state index in [0.29, 0.717) is 29.2 Å². The molecule has 8 nitrogen and oxygen atoms in total. The number of rotatable bonds is 3. The number of hydrogen-bond donors (Lipinski definition) is 0. The molecular weight excluding hydrogens is 454 g/mol. The highest BCUT2D eigenvalue weighted by atomic mass is 35.5. The van der Waals surface area contributed by atoms with E-state index in [-0.39, 0.29) is 16.7 Å². The minimum absolute atomic E-state index is 0.118. The number of hydrogen-bond acceptors (Lipinski definition) is 6. The third kappa shape index (κ3) is 3.82. The Morgan fingerprint density at radius 3 is 2.79 bits per heavy atom. The van der Waals surface area contributed by atoms with Crippen molar-refractivity contribution in [3.8, 4) is 6.07 Å². The number of carbonyl (C=O) groups excluding carboxylic acids is 1. The van der Waals surface area contributed by atoms with Gasteiger partial charge in [-0.25, -0.2) is 14.7 Å². The summed E-state index contributed by atoms with van der Waals surface area (Å²) in [6.07, 6.45) is 4.80. The summed E-state index contributed by atoms with van der Waals surface area (Å²) in [6, 6.07) is 7.73. The molecule has 1 aliphatic carbocycles. The van der Waals surface area contributed by atoms with Crippen LogP contribution in [0.4, 0.5) is 10.7 Å². The van der Waals surface area contributed by atoms with Crippen LogP contribution < -0.4 is 4.90 Å². The van der Waals surface area contributed by atoms with E-state index in [1.54, 1.807) is 6.07 Å². The van der Waals surface area contributed by atoms with Crippen molar-refractivity contribution in [2.75, 3.05) is 11.4 Å². The van der Waals surface area contributed by atoms with Crippen molar-refractivity contribution in [3.63, 3.8) is 0 Å². The van der Waals surface area contributed by atoms with E-state index in [4.69, 9.17) is 20.9 Å². The number of aromatic nitrogens is 3. The number of imidazole rings is 1. The Balaban J connectivity index is 1.40. The number of ether oxygens (including phenoxy) is 1. The average molecular weight is 482 g/mol. The first kappa shape index (κ1) is 22.7. The third-order valence-corrected chi connectivity index (χ3v) is 7.35. The summed E-state index contributed by atoms with van der Waals surface area (Å²) in [5, 5.41) is 13.8. The van der Waals surface area contributed by atoms with Crippen LogP contribution in [0, 0.1) is 16.7 Å². The minimum Gasteiger partial charge on any atom is -0.441 e. The second kappa shape index (κ2) is 7.74. The van der Waals surface area contributed by atoms with Crippen LogP contribution in [0.3, 0.4) is 0 Å². The normalized spacial score (nSPS) is 25.2. The van der Waals surface area contributed by atoms with Crippen molar-refractivity contribution in [2.45, 2.75) is 70.9 Å². The van der Waals surface area contributed by atoms with Gasteiger partial charge in [-0.3, -0.25) is 0 Å². The monoisotopic (exact) mass is 481 g/mol. The Bertz CT molecular complexity index is 1320. The van der Waals surface area contributed by atoms with E-state index >= 15 is 0 Å². The Labute approximate surface area is 203 Å². The van der Waals surface area contributed by atoms with Gasteiger partial charge in [-0.05, 0) is 49.3 Å². The molecule has 1 aliphatic heterocycles. The van der Waals surface area contributed by atoms with Crippen LogP contribution in [-0.4, -0.2) is 32.9 Å². The summed E-state index contributed by atoms with van der Waals surface area (Å²) in [4.78, 5) is 18.9. The lowest BCUT2D eigenvalue weighted by molar-refractivity contribution is -0.0264. The van der Waals surface area contributed by atoms with Crippen LogP contribution in [0.2, 0.25) is 5.02 Å². The molecule has 0 unspecified atom stereocenters. The van der Waals surface area contributed by atoms with Crippen molar-refractivity contribution in [2.24, 2.45) is 5.41 Å². The van der Waals surface area contributed by atoms with Gasteiger partial charge in [0.05, 0.1) is 35.5 Å². The zero-order valence-electron chi connectivity index (χ0n) is 19.9. The molecule has 1 aromatic carbocycles. The van der Waals surface area contributed by atoms with E-state index in [9.17, 15) is 10.1 Å². The van der Waals surface area contributed by atoms with Gasteiger partial charge in [-0.15, -0.1) is 0 Å². The highest BCUT2D eigenvalue weighted by molar-refractivity contribution is 6.34. The lowest BCUT2D eigenvalue weighted by atomic mass is 9.68. The van der Waals surface area contributed by atoms with Gasteiger partial charge in [0.15, 0.2) is 0 Å². The summed E-state index contributed by atoms with van der Waals surface area (Å²) >= 11 is 6.57. The fourth-order valence-corrected chi connectivity index (χ4v) is 5.95. The molecule has 5 rings (SSSR count). The van der Waals surface area contributed by atoms with Gasteiger partial charge in [0.25, 0.3) is 5.88 Å². The smallest absolute Gasteiger partial charge is 0.417 e. The van der Waals surface area contributed by atoms with Crippen LogP contribution in [0.5, 0.6) is 0 Å². The van der Waals surface area contributed by atoms with Crippen molar-refractivity contribution < 1.29 is 14.1 Å². The lowest BCUT2D eigenvalue weighted by Crippen LogP contribution is -2.45. The van der Waals surface area contributed by atoms with Crippen LogP contribution in [0.25, 0.3) is 11.0 Å². The van der Waals surface area contributed by atoms with Crippen molar-refractivity contribution >= 4 is 34.6 Å². The standard InChI is InChI=1S/C25H28ClN5O3/c1-23(2,3)20-19(26)21(34-29-20)31-14-25(33-22(31)32)9-5-8-24(4,12-25)13-30-15-28-17-7-6-16(11-27)10-18(17)30/h6-7,10,15H,5,8-9,12-14H2,1-4H3/t24-,25-/m0/s1. The van der Waals surface area contributed by atoms with Crippen molar-refractivity contribution in [1.82, 2.24) is 14.7 Å². The summed E-state index contributed by atoms with van der Waals surface area (Å²) in [7, 11) is 0. The summed E-state index contributed by atoms with van der Waals surface area (Å²) in [5.74, 6) is 0.255. The first-order valence-electron chi connectivity index (χ1n) is 11.5. The molecule has 2 aromatic heterocycles. The van der Waals surface area contributed by atoms with E-state index < -0.39 is 11.7 Å². The molecule has 1 saturated heterocycles. The predicted molar refractivity (Wildman–Crippen MR) is 128 cm³/mol. The zero-order valence-corrected chi connectivity index (χ0v) is 20.6. The maximum absolute atomic E-state index is 12.9. The molecule has 2 fully saturated rings. The highest BCUT2D eigenvalue weighted by Crippen LogP contribution is 2.49. The molecule has 0 N–H and O–H groups in total. The fraction of sp³-hybridized carbons (Fsp3) is 0.520. The lowest BCUT2D eigenvalue weighted by Gasteiger charge is -2.43. The minimum atomic E-state index is -0.615. The second-order valence-electron chi connectivity index (χ2n) is 11.1. The van der Waals surface area contributed by atoms with Gasteiger partial charge in [-0.1, -0.05) is 44.5 Å². The molecule has 3 heterocycles. The summed E-state index contributed by atoms with van der Waals surface area (Å²) in [5.41, 5.74) is 1.99. The maximum Gasteiger partial charge on any atom is 0.417 e. The second-order valence-corrected chi connectivity index (χ2v) is 11.4. The number of anilines is 1.